The van der Waals surface area contributed by atoms with Gasteiger partial charge in [0.1, 0.15) is 0 Å². The molecule has 1 unspecified atom stereocenters. The molecule has 0 saturated heterocycles. The monoisotopic (exact) mass is 320 g/mol. The van der Waals surface area contributed by atoms with E-state index in [4.69, 9.17) is 0 Å². The molecule has 2 amide bonds. The maximum atomic E-state index is 12.2. The summed E-state index contributed by atoms with van der Waals surface area (Å²) in [7, 11) is 1.86. The van der Waals surface area contributed by atoms with Gasteiger partial charge in [-0.3, -0.25) is 10.00 Å². The lowest BCUT2D eigenvalue weighted by Gasteiger charge is -2.14. The maximum Gasteiger partial charge on any atom is 0.320 e. The third-order valence-electron chi connectivity index (χ3n) is 3.84. The zero-order valence-electron chi connectivity index (χ0n) is 13.7. The van der Waals surface area contributed by atoms with Crippen LogP contribution in [0.3, 0.4) is 0 Å². The van der Waals surface area contributed by atoms with Gasteiger partial charge in [0, 0.05) is 13.1 Å². The van der Waals surface area contributed by atoms with Crippen LogP contribution in [0.5, 0.6) is 0 Å². The number of aryl methyl sites for hydroxylation is 1. The smallest absolute Gasteiger partial charge is 0.320 e. The number of anilines is 1. The minimum absolute atomic E-state index is 0.0801. The van der Waals surface area contributed by atoms with E-state index in [2.05, 4.69) is 15.7 Å². The second-order valence-corrected chi connectivity index (χ2v) is 5.64. The highest BCUT2D eigenvalue weighted by atomic mass is 16.2. The maximum absolute atomic E-state index is 12.2. The molecule has 3 rings (SSSR count). The van der Waals surface area contributed by atoms with E-state index >= 15 is 0 Å². The molecule has 0 radical (unpaired) electrons. The Labute approximate surface area is 141 Å². The average molecular weight is 320 g/mol. The van der Waals surface area contributed by atoms with Gasteiger partial charge in [0.05, 0.1) is 11.7 Å². The van der Waals surface area contributed by atoms with E-state index in [1.807, 2.05) is 80.7 Å². The number of urea groups is 1. The summed E-state index contributed by atoms with van der Waals surface area (Å²) in [5, 5.41) is 10.1. The largest absolute Gasteiger partial charge is 0.331 e. The van der Waals surface area contributed by atoms with Crippen LogP contribution in [0.15, 0.2) is 66.7 Å². The van der Waals surface area contributed by atoms with Crippen molar-refractivity contribution in [1.82, 2.24) is 15.1 Å². The molecule has 24 heavy (non-hydrogen) atoms. The minimum atomic E-state index is -0.274. The van der Waals surface area contributed by atoms with Crippen molar-refractivity contribution in [3.8, 4) is 11.3 Å². The first-order valence-electron chi connectivity index (χ1n) is 7.85. The number of carbonyl (C=O) groups is 1. The van der Waals surface area contributed by atoms with E-state index in [-0.39, 0.29) is 12.1 Å². The molecule has 2 N–H and O–H groups in total. The van der Waals surface area contributed by atoms with Crippen LogP contribution in [-0.4, -0.2) is 15.8 Å². The van der Waals surface area contributed by atoms with Crippen molar-refractivity contribution in [3.05, 3.63) is 72.3 Å². The molecule has 0 aliphatic heterocycles. The molecule has 5 nitrogen and oxygen atoms in total. The van der Waals surface area contributed by atoms with Crippen LogP contribution < -0.4 is 10.6 Å². The molecule has 0 spiro atoms. The number of nitrogens with one attached hydrogen (secondary N) is 2. The fraction of sp³-hybridized carbons (Fsp3) is 0.158. The number of hydrogen-bond acceptors (Lipinski definition) is 2. The number of hydrogen-bond donors (Lipinski definition) is 2. The number of rotatable bonds is 4. The van der Waals surface area contributed by atoms with Crippen molar-refractivity contribution < 1.29 is 4.79 Å². The van der Waals surface area contributed by atoms with Crippen molar-refractivity contribution in [2.75, 3.05) is 5.32 Å². The number of benzene rings is 2. The molecule has 0 bridgehead atoms. The van der Waals surface area contributed by atoms with E-state index in [0.717, 1.165) is 16.8 Å². The average Bonchev–Trinajstić information content (AvgIpc) is 2.96. The van der Waals surface area contributed by atoms with Gasteiger partial charge in [0.25, 0.3) is 0 Å². The van der Waals surface area contributed by atoms with Crippen molar-refractivity contribution in [2.24, 2.45) is 7.05 Å². The number of nitrogens with zero attached hydrogens (tertiary/aromatic N) is 2. The van der Waals surface area contributed by atoms with Crippen LogP contribution in [0.4, 0.5) is 10.6 Å². The van der Waals surface area contributed by atoms with E-state index in [0.29, 0.717) is 5.82 Å². The summed E-state index contributed by atoms with van der Waals surface area (Å²) in [4.78, 5) is 12.2. The Hall–Kier alpha value is -3.08. The van der Waals surface area contributed by atoms with Gasteiger partial charge in [-0.05, 0) is 18.1 Å². The van der Waals surface area contributed by atoms with Crippen molar-refractivity contribution >= 4 is 11.8 Å². The molecule has 0 aliphatic rings. The molecular weight excluding hydrogens is 300 g/mol. The van der Waals surface area contributed by atoms with E-state index in [1.54, 1.807) is 4.68 Å². The molecule has 3 aromatic rings. The SMILES string of the molecule is CC(NC(=O)Nc1cc(-c2ccccc2)n(C)n1)c1ccccc1. The lowest BCUT2D eigenvalue weighted by molar-refractivity contribution is 0.249. The Kier molecular flexibility index (Phi) is 4.61. The molecule has 2 aromatic carbocycles. The van der Waals surface area contributed by atoms with Crippen LogP contribution in [0.1, 0.15) is 18.5 Å². The van der Waals surface area contributed by atoms with Gasteiger partial charge < -0.3 is 5.32 Å². The first-order chi connectivity index (χ1) is 11.6. The minimum Gasteiger partial charge on any atom is -0.331 e. The van der Waals surface area contributed by atoms with Gasteiger partial charge >= 0.3 is 6.03 Å². The van der Waals surface area contributed by atoms with Crippen LogP contribution in [0.2, 0.25) is 0 Å². The van der Waals surface area contributed by atoms with Crippen molar-refractivity contribution in [1.29, 1.82) is 0 Å². The summed E-state index contributed by atoms with van der Waals surface area (Å²) >= 11 is 0. The van der Waals surface area contributed by atoms with Gasteiger partial charge in [0.2, 0.25) is 0 Å². The summed E-state index contributed by atoms with van der Waals surface area (Å²) in [5.74, 6) is 0.522. The molecule has 0 fully saturated rings. The molecule has 1 aromatic heterocycles. The highest BCUT2D eigenvalue weighted by Crippen LogP contribution is 2.21. The van der Waals surface area contributed by atoms with Gasteiger partial charge in [-0.15, -0.1) is 0 Å². The fourth-order valence-electron chi connectivity index (χ4n) is 2.58. The Bertz CT molecular complexity index is 812. The zero-order valence-corrected chi connectivity index (χ0v) is 13.7. The lowest BCUT2D eigenvalue weighted by atomic mass is 10.1. The van der Waals surface area contributed by atoms with E-state index in [1.165, 1.54) is 0 Å². The summed E-state index contributed by atoms with van der Waals surface area (Å²) in [6.45, 7) is 1.95. The lowest BCUT2D eigenvalue weighted by Crippen LogP contribution is -2.31. The van der Waals surface area contributed by atoms with Crippen LogP contribution in [-0.2, 0) is 7.05 Å². The Morgan fingerprint density at radius 3 is 2.33 bits per heavy atom. The van der Waals surface area contributed by atoms with Crippen molar-refractivity contribution in [2.45, 2.75) is 13.0 Å². The normalized spacial score (nSPS) is 11.8. The molecule has 1 atom stereocenters. The summed E-state index contributed by atoms with van der Waals surface area (Å²) in [5.41, 5.74) is 3.05. The highest BCUT2D eigenvalue weighted by Gasteiger charge is 2.12. The van der Waals surface area contributed by atoms with Crippen LogP contribution in [0, 0.1) is 0 Å². The second kappa shape index (κ2) is 7.00. The predicted molar refractivity (Wildman–Crippen MR) is 95.7 cm³/mol. The van der Waals surface area contributed by atoms with E-state index in [9.17, 15) is 4.79 Å². The Balaban J connectivity index is 1.67. The third-order valence-corrected chi connectivity index (χ3v) is 3.84. The number of carbonyl (C=O) groups excluding carboxylic acids is 1. The van der Waals surface area contributed by atoms with Crippen molar-refractivity contribution in [3.63, 3.8) is 0 Å². The number of amides is 2. The van der Waals surface area contributed by atoms with Gasteiger partial charge in [-0.1, -0.05) is 60.7 Å². The zero-order chi connectivity index (χ0) is 16.9. The van der Waals surface area contributed by atoms with Gasteiger partial charge in [-0.25, -0.2) is 4.79 Å². The molecule has 5 heteroatoms. The summed E-state index contributed by atoms with van der Waals surface area (Å²) in [6, 6.07) is 21.3. The molecule has 0 saturated carbocycles. The third kappa shape index (κ3) is 3.63. The second-order valence-electron chi connectivity index (χ2n) is 5.64. The first-order valence-corrected chi connectivity index (χ1v) is 7.85. The Morgan fingerprint density at radius 2 is 1.67 bits per heavy atom. The molecule has 1 heterocycles. The summed E-state index contributed by atoms with van der Waals surface area (Å²) < 4.78 is 1.76. The standard InChI is InChI=1S/C19H20N4O/c1-14(15-9-5-3-6-10-15)20-19(24)21-18-13-17(23(2)22-18)16-11-7-4-8-12-16/h3-14H,1-2H3,(H2,20,21,22,24). The fourth-order valence-corrected chi connectivity index (χ4v) is 2.58. The van der Waals surface area contributed by atoms with Crippen LogP contribution in [0.25, 0.3) is 11.3 Å². The van der Waals surface area contributed by atoms with Gasteiger partial charge in [-0.2, -0.15) is 5.10 Å². The van der Waals surface area contributed by atoms with E-state index < -0.39 is 0 Å². The first kappa shape index (κ1) is 15.8. The van der Waals surface area contributed by atoms with Gasteiger partial charge in [0.15, 0.2) is 5.82 Å². The highest BCUT2D eigenvalue weighted by molar-refractivity contribution is 5.89. The predicted octanol–water partition coefficient (Wildman–Crippen LogP) is 3.97. The Morgan fingerprint density at radius 1 is 1.04 bits per heavy atom. The summed E-state index contributed by atoms with van der Waals surface area (Å²) in [6.07, 6.45) is 0. The molecular formula is C19H20N4O. The number of aromatic nitrogens is 2. The van der Waals surface area contributed by atoms with Crippen LogP contribution >= 0.6 is 0 Å². The molecule has 0 aliphatic carbocycles. The topological polar surface area (TPSA) is 59.0 Å². The quantitative estimate of drug-likeness (QED) is 0.764. The molecule has 122 valence electrons.